The molecule has 0 aromatic carbocycles. The van der Waals surface area contributed by atoms with E-state index in [1.807, 2.05) is 0 Å². The summed E-state index contributed by atoms with van der Waals surface area (Å²) in [4.78, 5) is 8.32. The molecule has 0 rings (SSSR count). The molecule has 0 saturated carbocycles. The molecule has 6 heteroatoms. The second-order valence-electron chi connectivity index (χ2n) is 1.54. The van der Waals surface area contributed by atoms with Crippen molar-refractivity contribution in [2.45, 2.75) is 0 Å². The maximum Gasteiger partial charge on any atom is 0.307 e. The van der Waals surface area contributed by atoms with Gasteiger partial charge >= 0.3 is 6.57 Å². The fourth-order valence-corrected chi connectivity index (χ4v) is 0. The smallest absolute Gasteiger partial charge is 0.307 e. The van der Waals surface area contributed by atoms with Gasteiger partial charge in [-0.3, -0.25) is 4.57 Å². The maximum absolute atomic E-state index is 10.2. The third kappa shape index (κ3) is 1.94. The Bertz CT molecular complexity index is 208. The van der Waals surface area contributed by atoms with Gasteiger partial charge in [0.15, 0.2) is 0 Å². The fraction of sp³-hybridized carbons (Fsp3) is 1.00. The lowest BCUT2D eigenvalue weighted by atomic mass is 12.0. The third-order valence-electron chi connectivity index (χ3n) is 0.615. The summed E-state index contributed by atoms with van der Waals surface area (Å²) >= 11 is 0. The molecule has 0 bridgehead atoms. The highest BCUT2D eigenvalue weighted by molar-refractivity contribution is 8.50. The summed E-state index contributed by atoms with van der Waals surface area (Å²) in [6.07, 6.45) is 0.730. The zero-order valence-corrected chi connectivity index (χ0v) is 6.24. The van der Waals surface area contributed by atoms with E-state index >= 15 is 0 Å². The lowest BCUT2D eigenvalue weighted by Gasteiger charge is -1.97. The molecule has 50 valence electrons. The Hall–Kier alpha value is 0.140. The molecular weight excluding hydrogens is 151 g/mol. The second-order valence-corrected chi connectivity index (χ2v) is 8.63. The summed E-state index contributed by atoms with van der Waals surface area (Å²) in [5, 5.41) is 0. The van der Waals surface area contributed by atoms with E-state index in [0.29, 0.717) is 0 Å². The Labute approximate surface area is 47.6 Å². The van der Waals surface area contributed by atoms with Crippen LogP contribution < -0.4 is 0 Å². The molecule has 1 unspecified atom stereocenters. The van der Waals surface area contributed by atoms with Crippen LogP contribution in [0.25, 0.3) is 0 Å². The molecule has 0 saturated heterocycles. The molecule has 0 fully saturated rings. The van der Waals surface area contributed by atoms with E-state index in [9.17, 15) is 13.0 Å². The van der Waals surface area contributed by atoms with Crippen molar-refractivity contribution in [3.63, 3.8) is 0 Å². The Morgan fingerprint density at radius 3 is 1.62 bits per heavy atom. The van der Waals surface area contributed by atoms with Gasteiger partial charge in [-0.1, -0.05) is 0 Å². The molecule has 0 amide bonds. The van der Waals surface area contributed by atoms with Crippen molar-refractivity contribution in [1.82, 2.24) is 0 Å². The molecule has 0 aromatic rings. The van der Waals surface area contributed by atoms with Crippen LogP contribution in [0.5, 0.6) is 0 Å². The van der Waals surface area contributed by atoms with Crippen LogP contribution in [0.1, 0.15) is 0 Å². The van der Waals surface area contributed by atoms with E-state index in [2.05, 4.69) is 0 Å². The van der Waals surface area contributed by atoms with Crippen LogP contribution in [0, 0.1) is 0 Å². The third-order valence-corrected chi connectivity index (χ3v) is 5.54. The first-order valence-corrected chi connectivity index (χ1v) is 6.36. The van der Waals surface area contributed by atoms with Crippen LogP contribution in [0.2, 0.25) is 0 Å². The monoisotopic (exact) mass is 158 g/mol. The first kappa shape index (κ1) is 8.14. The minimum absolute atomic E-state index is 0.730. The summed E-state index contributed by atoms with van der Waals surface area (Å²) < 4.78 is 30.5. The van der Waals surface area contributed by atoms with Gasteiger partial charge in [0, 0.05) is 12.9 Å². The van der Waals surface area contributed by atoms with E-state index in [1.165, 1.54) is 0 Å². The number of rotatable bonds is 1. The summed E-state index contributed by atoms with van der Waals surface area (Å²) in [6.45, 7) is -3.08. The summed E-state index contributed by atoms with van der Waals surface area (Å²) in [7, 11) is -3.73. The summed E-state index contributed by atoms with van der Waals surface area (Å²) in [6, 6.07) is 0. The van der Waals surface area contributed by atoms with Crippen LogP contribution in [-0.2, 0) is 14.0 Å². The van der Waals surface area contributed by atoms with Crippen molar-refractivity contribution in [2.24, 2.45) is 0 Å². The average Bonchev–Trinajstić information content (AvgIpc) is 1.25. The Morgan fingerprint density at radius 2 is 1.62 bits per heavy atom. The Balaban J connectivity index is 4.84. The Kier molecular flexibility index (Phi) is 1.86. The zero-order chi connectivity index (χ0) is 7.00. The SMILES string of the molecule is CP(=O)(O)S(C)(=O)=O. The van der Waals surface area contributed by atoms with Gasteiger partial charge in [0.1, 0.15) is 0 Å². The quantitative estimate of drug-likeness (QED) is 0.538. The van der Waals surface area contributed by atoms with Crippen molar-refractivity contribution >= 4 is 16.0 Å². The highest BCUT2D eigenvalue weighted by atomic mass is 32.8. The molecule has 8 heavy (non-hydrogen) atoms. The van der Waals surface area contributed by atoms with E-state index in [4.69, 9.17) is 4.89 Å². The summed E-state index contributed by atoms with van der Waals surface area (Å²) in [5.41, 5.74) is 0. The molecule has 0 radical (unpaired) electrons. The van der Waals surface area contributed by atoms with Crippen molar-refractivity contribution in [1.29, 1.82) is 0 Å². The normalized spacial score (nSPS) is 19.9. The molecule has 0 aliphatic heterocycles. The first-order valence-electron chi connectivity index (χ1n) is 1.75. The summed E-state index contributed by atoms with van der Waals surface area (Å²) in [5.74, 6) is 0. The highest BCUT2D eigenvalue weighted by Gasteiger charge is 2.23. The minimum atomic E-state index is -3.88. The van der Waals surface area contributed by atoms with Gasteiger partial charge in [-0.05, 0) is 0 Å². The van der Waals surface area contributed by atoms with Crippen LogP contribution in [0.15, 0.2) is 0 Å². The van der Waals surface area contributed by atoms with Gasteiger partial charge in [0.2, 0.25) is 9.46 Å². The standard InChI is InChI=1S/C2H7O4PS/c1-7(3,4)8(2,5)6/h1-2H3,(H,3,4). The van der Waals surface area contributed by atoms with Gasteiger partial charge in [0.05, 0.1) is 0 Å². The van der Waals surface area contributed by atoms with Crippen LogP contribution in [-0.4, -0.2) is 26.2 Å². The largest absolute Gasteiger partial charge is 0.334 e. The van der Waals surface area contributed by atoms with Gasteiger partial charge in [0.25, 0.3) is 0 Å². The number of hydrogen-bond donors (Lipinski definition) is 1. The van der Waals surface area contributed by atoms with E-state index in [1.54, 1.807) is 0 Å². The van der Waals surface area contributed by atoms with Crippen molar-refractivity contribution in [2.75, 3.05) is 12.9 Å². The maximum atomic E-state index is 10.2. The molecule has 0 spiro atoms. The van der Waals surface area contributed by atoms with Gasteiger partial charge in [-0.2, -0.15) is 0 Å². The molecule has 1 N–H and O–H groups in total. The van der Waals surface area contributed by atoms with Crippen LogP contribution in [0.3, 0.4) is 0 Å². The van der Waals surface area contributed by atoms with E-state index in [-0.39, 0.29) is 0 Å². The van der Waals surface area contributed by atoms with Crippen molar-refractivity contribution in [3.05, 3.63) is 0 Å². The molecule has 1 atom stereocenters. The highest BCUT2D eigenvalue weighted by Crippen LogP contribution is 2.41. The lowest BCUT2D eigenvalue weighted by Crippen LogP contribution is -1.94. The molecule has 0 aliphatic rings. The lowest BCUT2D eigenvalue weighted by molar-refractivity contribution is 0.495. The number of hydrogen-bond acceptors (Lipinski definition) is 3. The zero-order valence-electron chi connectivity index (χ0n) is 4.53. The fourth-order valence-electron chi connectivity index (χ4n) is 0. The molecule has 4 nitrogen and oxygen atoms in total. The second kappa shape index (κ2) is 1.83. The van der Waals surface area contributed by atoms with Gasteiger partial charge in [-0.25, -0.2) is 8.42 Å². The van der Waals surface area contributed by atoms with Gasteiger partial charge < -0.3 is 4.89 Å². The predicted octanol–water partition coefficient (Wildman–Crippen LogP) is -0.154. The topological polar surface area (TPSA) is 71.4 Å². The van der Waals surface area contributed by atoms with E-state index in [0.717, 1.165) is 12.9 Å². The predicted molar refractivity (Wildman–Crippen MR) is 30.6 cm³/mol. The molecule has 0 heterocycles. The van der Waals surface area contributed by atoms with Crippen LogP contribution in [0.4, 0.5) is 0 Å². The van der Waals surface area contributed by atoms with Crippen molar-refractivity contribution in [3.8, 4) is 0 Å². The molecule has 0 aromatic heterocycles. The molecular formula is C2H7O4PS. The minimum Gasteiger partial charge on any atom is -0.334 e. The van der Waals surface area contributed by atoms with Crippen LogP contribution >= 0.6 is 6.57 Å². The first-order chi connectivity index (χ1) is 3.25. The molecule has 0 aliphatic carbocycles. The van der Waals surface area contributed by atoms with E-state index < -0.39 is 16.0 Å². The van der Waals surface area contributed by atoms with Gasteiger partial charge in [-0.15, -0.1) is 0 Å². The Morgan fingerprint density at radius 1 is 1.50 bits per heavy atom. The van der Waals surface area contributed by atoms with Crippen molar-refractivity contribution < 1.29 is 17.9 Å². The average molecular weight is 158 g/mol.